The number of methoxy groups -OCH3 is 1. The highest BCUT2D eigenvalue weighted by molar-refractivity contribution is 8.93. The van der Waals surface area contributed by atoms with Gasteiger partial charge < -0.3 is 30.4 Å². The SMILES string of the molecule is Br.COc1ccc2c3c1O[C@H]1[C@@H](O)C=C[C@H]4[C@@H](C2)N(C)CC[C@@]341.O.O. The third-order valence-electron chi connectivity index (χ3n) is 6.35. The first kappa shape index (κ1) is 20.2. The molecule has 0 aromatic heterocycles. The first-order valence-electron chi connectivity index (χ1n) is 8.10. The normalized spacial score (nSPS) is 36.1. The molecule has 1 spiro atoms. The topological polar surface area (TPSA) is 105 Å². The van der Waals surface area contributed by atoms with Crippen LogP contribution >= 0.6 is 17.0 Å². The minimum absolute atomic E-state index is 0. The van der Waals surface area contributed by atoms with Crippen LogP contribution in [-0.4, -0.2) is 59.9 Å². The standard InChI is InChI=1S/C18H21NO3.BrH.2H2O/c1-19-8-7-18-11-4-5-13(20)17(18)22-16-14(21-2)6-3-10(15(16)18)9-12(11)19;;;/h3-6,11-13,17,20H,7-9H2,1-2H3;1H;2*1H2/t11-,12+,13-,17-,18-;;;/m0.../s1. The zero-order chi connectivity index (χ0) is 15.1. The van der Waals surface area contributed by atoms with E-state index in [1.165, 1.54) is 11.1 Å². The van der Waals surface area contributed by atoms with Crippen LogP contribution < -0.4 is 9.47 Å². The number of hydrogen-bond donors (Lipinski definition) is 1. The van der Waals surface area contributed by atoms with E-state index in [2.05, 4.69) is 24.1 Å². The molecule has 25 heavy (non-hydrogen) atoms. The molecular weight excluding hydrogens is 390 g/mol. The van der Waals surface area contributed by atoms with Gasteiger partial charge in [-0.2, -0.15) is 0 Å². The summed E-state index contributed by atoms with van der Waals surface area (Å²) < 4.78 is 11.8. The summed E-state index contributed by atoms with van der Waals surface area (Å²) in [5.41, 5.74) is 2.60. The van der Waals surface area contributed by atoms with Crippen molar-refractivity contribution in [1.29, 1.82) is 0 Å². The minimum atomic E-state index is -0.539. The minimum Gasteiger partial charge on any atom is -0.493 e. The number of likely N-dealkylation sites (N-methyl/N-ethyl adjacent to an activating group) is 1. The number of aliphatic hydroxyl groups is 1. The van der Waals surface area contributed by atoms with Crippen LogP contribution in [0.25, 0.3) is 0 Å². The predicted molar refractivity (Wildman–Crippen MR) is 100 cm³/mol. The smallest absolute Gasteiger partial charge is 0.165 e. The summed E-state index contributed by atoms with van der Waals surface area (Å²) >= 11 is 0. The Hall–Kier alpha value is -1.12. The summed E-state index contributed by atoms with van der Waals surface area (Å²) in [6.45, 7) is 1.05. The Bertz CT molecular complexity index is 696. The summed E-state index contributed by atoms with van der Waals surface area (Å²) in [7, 11) is 3.91. The second-order valence-corrected chi connectivity index (χ2v) is 7.11. The lowest BCUT2D eigenvalue weighted by molar-refractivity contribution is -0.0453. The van der Waals surface area contributed by atoms with Crippen LogP contribution in [0.4, 0.5) is 0 Å². The van der Waals surface area contributed by atoms with Crippen LogP contribution in [0.3, 0.4) is 0 Å². The van der Waals surface area contributed by atoms with Crippen molar-refractivity contribution < 1.29 is 25.5 Å². The summed E-state index contributed by atoms with van der Waals surface area (Å²) in [6, 6.07) is 4.70. The molecule has 6 nitrogen and oxygen atoms in total. The molecule has 2 heterocycles. The van der Waals surface area contributed by atoms with E-state index in [1.807, 2.05) is 12.1 Å². The van der Waals surface area contributed by atoms with Crippen LogP contribution in [0.1, 0.15) is 17.5 Å². The monoisotopic (exact) mass is 415 g/mol. The van der Waals surface area contributed by atoms with Gasteiger partial charge in [-0.15, -0.1) is 17.0 Å². The molecule has 0 radical (unpaired) electrons. The van der Waals surface area contributed by atoms with Gasteiger partial charge in [-0.05, 0) is 38.1 Å². The molecule has 5 atom stereocenters. The van der Waals surface area contributed by atoms with Gasteiger partial charge >= 0.3 is 0 Å². The number of benzene rings is 1. The van der Waals surface area contributed by atoms with Crippen molar-refractivity contribution in [2.45, 2.75) is 36.5 Å². The van der Waals surface area contributed by atoms with E-state index in [-0.39, 0.29) is 39.5 Å². The maximum Gasteiger partial charge on any atom is 0.165 e. The first-order valence-corrected chi connectivity index (χ1v) is 8.10. The Balaban J connectivity index is 0.000000751. The second kappa shape index (κ2) is 6.55. The molecule has 2 bridgehead atoms. The quantitative estimate of drug-likeness (QED) is 0.671. The molecule has 7 heteroatoms. The van der Waals surface area contributed by atoms with Gasteiger partial charge in [-0.25, -0.2) is 0 Å². The number of likely N-dealkylation sites (tertiary alicyclic amines) is 1. The lowest BCUT2D eigenvalue weighted by atomic mass is 9.53. The van der Waals surface area contributed by atoms with E-state index < -0.39 is 6.10 Å². The Morgan fingerprint density at radius 3 is 2.76 bits per heavy atom. The predicted octanol–water partition coefficient (Wildman–Crippen LogP) is 0.430. The fraction of sp³-hybridized carbons (Fsp3) is 0.556. The molecule has 2 aliphatic heterocycles. The fourth-order valence-electron chi connectivity index (χ4n) is 5.39. The van der Waals surface area contributed by atoms with Crippen molar-refractivity contribution in [2.24, 2.45) is 5.92 Å². The zero-order valence-electron chi connectivity index (χ0n) is 14.4. The molecule has 4 aliphatic rings. The lowest BCUT2D eigenvalue weighted by Crippen LogP contribution is -2.64. The summed E-state index contributed by atoms with van der Waals surface area (Å²) in [5, 5.41) is 10.6. The average molecular weight is 416 g/mol. The van der Waals surface area contributed by atoms with Gasteiger partial charge in [0.2, 0.25) is 0 Å². The first-order chi connectivity index (χ1) is 10.7. The Labute approximate surface area is 157 Å². The Morgan fingerprint density at radius 1 is 1.28 bits per heavy atom. The summed E-state index contributed by atoms with van der Waals surface area (Å²) in [6.07, 6.45) is 5.54. The van der Waals surface area contributed by atoms with Crippen molar-refractivity contribution in [2.75, 3.05) is 20.7 Å². The van der Waals surface area contributed by atoms with Crippen molar-refractivity contribution in [3.63, 3.8) is 0 Å². The number of halogens is 1. The van der Waals surface area contributed by atoms with Crippen molar-refractivity contribution >= 4 is 17.0 Å². The highest BCUT2D eigenvalue weighted by atomic mass is 79.9. The van der Waals surface area contributed by atoms with Crippen molar-refractivity contribution in [3.8, 4) is 11.5 Å². The zero-order valence-corrected chi connectivity index (χ0v) is 16.1. The second-order valence-electron chi connectivity index (χ2n) is 7.11. The third-order valence-corrected chi connectivity index (χ3v) is 6.35. The average Bonchev–Trinajstić information content (AvgIpc) is 2.88. The van der Waals surface area contributed by atoms with Crippen LogP contribution in [-0.2, 0) is 11.8 Å². The largest absolute Gasteiger partial charge is 0.493 e. The van der Waals surface area contributed by atoms with Gasteiger partial charge in [0.25, 0.3) is 0 Å². The number of piperidine rings is 1. The third kappa shape index (κ3) is 2.23. The highest BCUT2D eigenvalue weighted by Crippen LogP contribution is 2.62. The lowest BCUT2D eigenvalue weighted by Gasteiger charge is -2.56. The van der Waals surface area contributed by atoms with Gasteiger partial charge in [0.05, 0.1) is 7.11 Å². The van der Waals surface area contributed by atoms with E-state index in [4.69, 9.17) is 9.47 Å². The molecule has 1 aromatic rings. The maximum absolute atomic E-state index is 10.6. The fourth-order valence-corrected chi connectivity index (χ4v) is 5.39. The van der Waals surface area contributed by atoms with E-state index in [1.54, 1.807) is 7.11 Å². The number of aliphatic hydroxyl groups excluding tert-OH is 1. The van der Waals surface area contributed by atoms with E-state index in [0.717, 1.165) is 30.9 Å². The number of nitrogens with zero attached hydrogens (tertiary/aromatic N) is 1. The number of hydrogen-bond acceptors (Lipinski definition) is 4. The van der Waals surface area contributed by atoms with Crippen molar-refractivity contribution in [3.05, 3.63) is 35.4 Å². The molecule has 2 aliphatic carbocycles. The summed E-state index contributed by atoms with van der Waals surface area (Å²) in [5.74, 6) is 2.09. The Morgan fingerprint density at radius 2 is 2.04 bits per heavy atom. The maximum atomic E-state index is 10.6. The summed E-state index contributed by atoms with van der Waals surface area (Å²) in [4.78, 5) is 2.47. The molecule has 0 saturated carbocycles. The Kier molecular flexibility index (Phi) is 5.29. The van der Waals surface area contributed by atoms with Gasteiger partial charge in [0.15, 0.2) is 11.5 Å². The number of rotatable bonds is 1. The molecule has 0 amide bonds. The van der Waals surface area contributed by atoms with Gasteiger partial charge in [-0.3, -0.25) is 0 Å². The molecular formula is C18H26BrNO5. The number of ether oxygens (including phenoxy) is 2. The van der Waals surface area contributed by atoms with Crippen LogP contribution in [0.2, 0.25) is 0 Å². The van der Waals surface area contributed by atoms with E-state index >= 15 is 0 Å². The van der Waals surface area contributed by atoms with Crippen LogP contribution in [0, 0.1) is 5.92 Å². The van der Waals surface area contributed by atoms with Gasteiger partial charge in [-0.1, -0.05) is 18.2 Å². The van der Waals surface area contributed by atoms with Crippen LogP contribution in [0.15, 0.2) is 24.3 Å². The van der Waals surface area contributed by atoms with Crippen molar-refractivity contribution in [1.82, 2.24) is 4.90 Å². The van der Waals surface area contributed by atoms with E-state index in [0.29, 0.717) is 12.0 Å². The molecule has 5 N–H and O–H groups in total. The van der Waals surface area contributed by atoms with Gasteiger partial charge in [0.1, 0.15) is 12.2 Å². The molecule has 1 aromatic carbocycles. The molecule has 0 unspecified atom stereocenters. The molecule has 140 valence electrons. The van der Waals surface area contributed by atoms with E-state index in [9.17, 15) is 5.11 Å². The highest BCUT2D eigenvalue weighted by Gasteiger charge is 2.64. The van der Waals surface area contributed by atoms with Gasteiger partial charge in [0, 0.05) is 22.9 Å². The molecule has 1 saturated heterocycles. The van der Waals surface area contributed by atoms with Crippen LogP contribution in [0.5, 0.6) is 11.5 Å². The molecule has 1 fully saturated rings. The molecule has 5 rings (SSSR count).